The lowest BCUT2D eigenvalue weighted by Gasteiger charge is -2.13. The number of H-pyrrole nitrogens is 1. The van der Waals surface area contributed by atoms with Crippen LogP contribution in [0.5, 0.6) is 6.01 Å². The number of aromatic nitrogens is 4. The Hall–Kier alpha value is -2.09. The van der Waals surface area contributed by atoms with Gasteiger partial charge in [0.25, 0.3) is 0 Å². The van der Waals surface area contributed by atoms with Crippen LogP contribution in [-0.2, 0) is 6.54 Å². The number of fused-ring (bicyclic) bond motifs is 1. The Labute approximate surface area is 147 Å². The molecule has 1 aliphatic rings. The molecule has 2 aromatic rings. The van der Waals surface area contributed by atoms with Crippen molar-refractivity contribution >= 4 is 17.0 Å². The summed E-state index contributed by atoms with van der Waals surface area (Å²) >= 11 is 0. The lowest BCUT2D eigenvalue weighted by Crippen LogP contribution is -2.22. The monoisotopic (exact) mass is 348 g/mol. The molecule has 2 aromatic heterocycles. The van der Waals surface area contributed by atoms with Crippen molar-refractivity contribution in [3.63, 3.8) is 0 Å². The molecule has 0 atom stereocenters. The number of rotatable bonds is 9. The zero-order valence-electron chi connectivity index (χ0n) is 15.0. The standard InChI is InChI=1S/C17H28N6O2/c1-2-3-12-25-16-20-14(18)13-15(21-16)23(17(24)19-13)11-7-6-10-22-8-4-5-9-22/h2-12H2,1H3,(H,19,24)(H2,18,20,21). The SMILES string of the molecule is CCCCOc1nc(N)c2[nH]c(=O)n(CCCCN3CCCC3)c2n1. The summed E-state index contributed by atoms with van der Waals surface area (Å²) < 4.78 is 7.20. The molecular weight excluding hydrogens is 320 g/mol. The molecule has 8 nitrogen and oxygen atoms in total. The number of imidazole rings is 1. The van der Waals surface area contributed by atoms with Crippen LogP contribution in [0, 0.1) is 0 Å². The van der Waals surface area contributed by atoms with Crippen LogP contribution in [0.1, 0.15) is 45.4 Å². The molecule has 1 fully saturated rings. The molecule has 138 valence electrons. The van der Waals surface area contributed by atoms with Gasteiger partial charge in [0.15, 0.2) is 11.5 Å². The molecule has 0 aliphatic carbocycles. The summed E-state index contributed by atoms with van der Waals surface area (Å²) in [4.78, 5) is 26.0. The minimum Gasteiger partial charge on any atom is -0.463 e. The van der Waals surface area contributed by atoms with E-state index in [1.807, 2.05) is 0 Å². The predicted octanol–water partition coefficient (Wildman–Crippen LogP) is 1.76. The van der Waals surface area contributed by atoms with E-state index in [-0.39, 0.29) is 17.5 Å². The molecule has 3 heterocycles. The van der Waals surface area contributed by atoms with Crippen LogP contribution >= 0.6 is 0 Å². The molecule has 0 aromatic carbocycles. The van der Waals surface area contributed by atoms with Crippen molar-refractivity contribution in [1.82, 2.24) is 24.4 Å². The van der Waals surface area contributed by atoms with Crippen molar-refractivity contribution in [2.75, 3.05) is 32.0 Å². The molecular formula is C17H28N6O2. The number of hydrogen-bond donors (Lipinski definition) is 2. The van der Waals surface area contributed by atoms with Gasteiger partial charge in [0.05, 0.1) is 6.61 Å². The average Bonchev–Trinajstić information content (AvgIpc) is 3.21. The van der Waals surface area contributed by atoms with E-state index in [9.17, 15) is 4.79 Å². The van der Waals surface area contributed by atoms with Crippen LogP contribution in [0.4, 0.5) is 5.82 Å². The van der Waals surface area contributed by atoms with Gasteiger partial charge in [-0.2, -0.15) is 9.97 Å². The number of unbranched alkanes of at least 4 members (excludes halogenated alkanes) is 2. The van der Waals surface area contributed by atoms with E-state index in [1.54, 1.807) is 4.57 Å². The van der Waals surface area contributed by atoms with E-state index in [4.69, 9.17) is 10.5 Å². The highest BCUT2D eigenvalue weighted by Gasteiger charge is 2.15. The normalized spacial score (nSPS) is 15.2. The van der Waals surface area contributed by atoms with E-state index in [0.717, 1.165) is 32.2 Å². The molecule has 0 saturated carbocycles. The van der Waals surface area contributed by atoms with Gasteiger partial charge in [-0.3, -0.25) is 4.57 Å². The third-order valence-electron chi connectivity index (χ3n) is 4.66. The van der Waals surface area contributed by atoms with Crippen LogP contribution in [0.25, 0.3) is 11.2 Å². The van der Waals surface area contributed by atoms with Crippen molar-refractivity contribution in [2.45, 2.75) is 52.0 Å². The number of nitrogens with one attached hydrogen (secondary N) is 1. The highest BCUT2D eigenvalue weighted by Crippen LogP contribution is 2.18. The van der Waals surface area contributed by atoms with Crippen LogP contribution in [0.15, 0.2) is 4.79 Å². The lowest BCUT2D eigenvalue weighted by molar-refractivity contribution is 0.286. The Morgan fingerprint density at radius 2 is 1.92 bits per heavy atom. The molecule has 0 unspecified atom stereocenters. The number of ether oxygens (including phenoxy) is 1. The highest BCUT2D eigenvalue weighted by molar-refractivity contribution is 5.81. The lowest BCUT2D eigenvalue weighted by atomic mass is 10.3. The van der Waals surface area contributed by atoms with Gasteiger partial charge in [0.2, 0.25) is 0 Å². The van der Waals surface area contributed by atoms with Crippen molar-refractivity contribution in [3.8, 4) is 6.01 Å². The summed E-state index contributed by atoms with van der Waals surface area (Å²) in [5, 5.41) is 0. The first-order valence-electron chi connectivity index (χ1n) is 9.30. The average molecular weight is 348 g/mol. The summed E-state index contributed by atoms with van der Waals surface area (Å²) in [6.07, 6.45) is 6.57. The fraction of sp³-hybridized carbons (Fsp3) is 0.706. The first-order valence-corrected chi connectivity index (χ1v) is 9.30. The second-order valence-corrected chi connectivity index (χ2v) is 6.63. The fourth-order valence-corrected chi connectivity index (χ4v) is 3.22. The number of nitrogens with zero attached hydrogens (tertiary/aromatic N) is 4. The zero-order chi connectivity index (χ0) is 17.6. The quantitative estimate of drug-likeness (QED) is 0.670. The second kappa shape index (κ2) is 8.33. The Morgan fingerprint density at radius 3 is 2.68 bits per heavy atom. The topological polar surface area (TPSA) is 102 Å². The number of nitrogen functional groups attached to an aromatic ring is 1. The molecule has 3 rings (SSSR count). The Morgan fingerprint density at radius 1 is 1.16 bits per heavy atom. The first kappa shape index (κ1) is 17.7. The molecule has 25 heavy (non-hydrogen) atoms. The van der Waals surface area contributed by atoms with Gasteiger partial charge in [-0.1, -0.05) is 13.3 Å². The van der Waals surface area contributed by atoms with Gasteiger partial charge in [0, 0.05) is 6.54 Å². The number of aromatic amines is 1. The fourth-order valence-electron chi connectivity index (χ4n) is 3.22. The van der Waals surface area contributed by atoms with Crippen molar-refractivity contribution in [3.05, 3.63) is 10.5 Å². The summed E-state index contributed by atoms with van der Waals surface area (Å²) in [6, 6.07) is 0.239. The summed E-state index contributed by atoms with van der Waals surface area (Å²) in [7, 11) is 0. The highest BCUT2D eigenvalue weighted by atomic mass is 16.5. The third-order valence-corrected chi connectivity index (χ3v) is 4.66. The zero-order valence-corrected chi connectivity index (χ0v) is 15.0. The molecule has 3 N–H and O–H groups in total. The van der Waals surface area contributed by atoms with E-state index < -0.39 is 0 Å². The van der Waals surface area contributed by atoms with Gasteiger partial charge in [-0.25, -0.2) is 4.79 Å². The second-order valence-electron chi connectivity index (χ2n) is 6.63. The molecule has 8 heteroatoms. The van der Waals surface area contributed by atoms with Gasteiger partial charge in [-0.05, 0) is 51.7 Å². The van der Waals surface area contributed by atoms with E-state index in [1.165, 1.54) is 25.9 Å². The van der Waals surface area contributed by atoms with Gasteiger partial charge < -0.3 is 20.4 Å². The van der Waals surface area contributed by atoms with Gasteiger partial charge in [0.1, 0.15) is 5.52 Å². The molecule has 1 aliphatic heterocycles. The minimum absolute atomic E-state index is 0.192. The van der Waals surface area contributed by atoms with Crippen molar-refractivity contribution in [2.24, 2.45) is 0 Å². The van der Waals surface area contributed by atoms with Crippen LogP contribution in [0.2, 0.25) is 0 Å². The summed E-state index contributed by atoms with van der Waals surface area (Å²) in [6.45, 7) is 6.77. The number of likely N-dealkylation sites (tertiary alicyclic amines) is 1. The van der Waals surface area contributed by atoms with Crippen LogP contribution < -0.4 is 16.2 Å². The largest absolute Gasteiger partial charge is 0.463 e. The maximum Gasteiger partial charge on any atom is 0.327 e. The predicted molar refractivity (Wildman–Crippen MR) is 97.9 cm³/mol. The smallest absolute Gasteiger partial charge is 0.327 e. The maximum absolute atomic E-state index is 12.2. The van der Waals surface area contributed by atoms with Crippen LogP contribution in [0.3, 0.4) is 0 Å². The van der Waals surface area contributed by atoms with E-state index >= 15 is 0 Å². The summed E-state index contributed by atoms with van der Waals surface area (Å²) in [5.74, 6) is 0.254. The molecule has 0 spiro atoms. The van der Waals surface area contributed by atoms with Crippen molar-refractivity contribution in [1.29, 1.82) is 0 Å². The Bertz CT molecular complexity index is 747. The van der Waals surface area contributed by atoms with Crippen molar-refractivity contribution < 1.29 is 4.74 Å². The minimum atomic E-state index is -0.192. The molecule has 0 bridgehead atoms. The molecule has 1 saturated heterocycles. The molecule has 0 radical (unpaired) electrons. The molecule has 0 amide bonds. The first-order chi connectivity index (χ1) is 12.2. The van der Waals surface area contributed by atoms with E-state index in [2.05, 4.69) is 26.8 Å². The van der Waals surface area contributed by atoms with Gasteiger partial charge in [-0.15, -0.1) is 0 Å². The van der Waals surface area contributed by atoms with Gasteiger partial charge >= 0.3 is 11.7 Å². The van der Waals surface area contributed by atoms with E-state index in [0.29, 0.717) is 24.3 Å². The Kier molecular flexibility index (Phi) is 5.91. The Balaban J connectivity index is 1.67. The third kappa shape index (κ3) is 4.31. The summed E-state index contributed by atoms with van der Waals surface area (Å²) in [5.41, 5.74) is 6.79. The number of nitrogens with two attached hydrogens (primary N) is 1. The number of hydrogen-bond acceptors (Lipinski definition) is 6. The van der Waals surface area contributed by atoms with Crippen LogP contribution in [-0.4, -0.2) is 50.7 Å². The number of aryl methyl sites for hydroxylation is 1. The number of anilines is 1. The maximum atomic E-state index is 12.2.